The standard InChI is InChI=1S/C18H22FNO2S/c1-3-13-23(21,22)20-14-18(2,19)17-11-9-16(10-12-17)15-7-5-4-6-8-15/h4-12,20H,3,13-14H2,1-2H3. The van der Waals surface area contributed by atoms with Crippen molar-refractivity contribution in [3.63, 3.8) is 0 Å². The molecule has 2 aromatic carbocycles. The van der Waals surface area contributed by atoms with Crippen LogP contribution in [0.1, 0.15) is 25.8 Å². The van der Waals surface area contributed by atoms with E-state index in [0.717, 1.165) is 11.1 Å². The highest BCUT2D eigenvalue weighted by Gasteiger charge is 2.27. The van der Waals surface area contributed by atoms with Gasteiger partial charge in [-0.15, -0.1) is 0 Å². The van der Waals surface area contributed by atoms with Gasteiger partial charge in [0.1, 0.15) is 5.67 Å². The first-order valence-corrected chi connectivity index (χ1v) is 9.31. The van der Waals surface area contributed by atoms with Crippen LogP contribution in [0.2, 0.25) is 0 Å². The predicted octanol–water partition coefficient (Wildman–Crippen LogP) is 3.87. The third-order valence-corrected chi connectivity index (χ3v) is 5.22. The van der Waals surface area contributed by atoms with Gasteiger partial charge in [-0.1, -0.05) is 61.5 Å². The molecule has 0 amide bonds. The van der Waals surface area contributed by atoms with Gasteiger partial charge in [0.05, 0.1) is 5.75 Å². The normalized spacial score (nSPS) is 14.4. The van der Waals surface area contributed by atoms with Crippen molar-refractivity contribution in [2.45, 2.75) is 25.9 Å². The maximum atomic E-state index is 14.8. The molecular formula is C18H22FNO2S. The van der Waals surface area contributed by atoms with Crippen LogP contribution in [-0.4, -0.2) is 20.7 Å². The SMILES string of the molecule is CCCS(=O)(=O)NCC(C)(F)c1ccc(-c2ccccc2)cc1. The average Bonchev–Trinajstić information content (AvgIpc) is 2.54. The summed E-state index contributed by atoms with van der Waals surface area (Å²) in [7, 11) is -3.41. The zero-order valence-corrected chi connectivity index (χ0v) is 14.2. The molecule has 5 heteroatoms. The zero-order chi connectivity index (χ0) is 16.9. The van der Waals surface area contributed by atoms with Crippen LogP contribution < -0.4 is 4.72 Å². The van der Waals surface area contributed by atoms with E-state index in [-0.39, 0.29) is 12.3 Å². The molecule has 23 heavy (non-hydrogen) atoms. The molecule has 0 saturated carbocycles. The molecule has 124 valence electrons. The molecule has 2 aromatic rings. The van der Waals surface area contributed by atoms with Crippen molar-refractivity contribution in [3.05, 3.63) is 60.2 Å². The molecule has 2 rings (SSSR count). The Balaban J connectivity index is 2.11. The molecule has 1 N–H and O–H groups in total. The van der Waals surface area contributed by atoms with E-state index in [1.807, 2.05) is 42.5 Å². The minimum Gasteiger partial charge on any atom is -0.238 e. The zero-order valence-electron chi connectivity index (χ0n) is 13.4. The monoisotopic (exact) mass is 335 g/mol. The van der Waals surface area contributed by atoms with E-state index in [0.29, 0.717) is 12.0 Å². The van der Waals surface area contributed by atoms with E-state index in [9.17, 15) is 12.8 Å². The number of halogens is 1. The molecule has 0 aliphatic heterocycles. The molecule has 0 heterocycles. The molecular weight excluding hydrogens is 313 g/mol. The molecule has 0 aromatic heterocycles. The average molecular weight is 335 g/mol. The van der Waals surface area contributed by atoms with Gasteiger partial charge in [-0.2, -0.15) is 0 Å². The summed E-state index contributed by atoms with van der Waals surface area (Å²) in [4.78, 5) is 0. The van der Waals surface area contributed by atoms with E-state index in [4.69, 9.17) is 0 Å². The quantitative estimate of drug-likeness (QED) is 0.835. The molecule has 0 spiro atoms. The van der Waals surface area contributed by atoms with Crippen molar-refractivity contribution in [1.82, 2.24) is 4.72 Å². The molecule has 0 bridgehead atoms. The topological polar surface area (TPSA) is 46.2 Å². The molecule has 0 radical (unpaired) electrons. The van der Waals surface area contributed by atoms with E-state index in [1.165, 1.54) is 6.92 Å². The van der Waals surface area contributed by atoms with Crippen molar-refractivity contribution in [1.29, 1.82) is 0 Å². The van der Waals surface area contributed by atoms with Crippen LogP contribution in [0.25, 0.3) is 11.1 Å². The number of rotatable bonds is 7. The van der Waals surface area contributed by atoms with Gasteiger partial charge >= 0.3 is 0 Å². The number of nitrogens with one attached hydrogen (secondary N) is 1. The third kappa shape index (κ3) is 4.88. The number of benzene rings is 2. The maximum Gasteiger partial charge on any atom is 0.211 e. The largest absolute Gasteiger partial charge is 0.238 e. The van der Waals surface area contributed by atoms with Gasteiger partial charge in [0.2, 0.25) is 10.0 Å². The summed E-state index contributed by atoms with van der Waals surface area (Å²) in [6.07, 6.45) is 0.504. The van der Waals surface area contributed by atoms with Gasteiger partial charge in [0.15, 0.2) is 0 Å². The summed E-state index contributed by atoms with van der Waals surface area (Å²) in [5, 5.41) is 0. The first kappa shape index (κ1) is 17.6. The first-order valence-electron chi connectivity index (χ1n) is 7.66. The molecule has 1 atom stereocenters. The number of hydrogen-bond acceptors (Lipinski definition) is 2. The summed E-state index contributed by atoms with van der Waals surface area (Å²) in [5.74, 6) is 0.00995. The van der Waals surface area contributed by atoms with Crippen LogP contribution in [0.5, 0.6) is 0 Å². The van der Waals surface area contributed by atoms with E-state index in [2.05, 4.69) is 4.72 Å². The minimum atomic E-state index is -3.41. The first-order chi connectivity index (χ1) is 10.8. The summed E-state index contributed by atoms with van der Waals surface area (Å²) in [6.45, 7) is 2.90. The summed E-state index contributed by atoms with van der Waals surface area (Å²) in [6, 6.07) is 16.9. The Hall–Kier alpha value is -1.72. The van der Waals surface area contributed by atoms with Crippen molar-refractivity contribution in [2.75, 3.05) is 12.3 Å². The summed E-state index contributed by atoms with van der Waals surface area (Å²) in [5.41, 5.74) is 0.757. The van der Waals surface area contributed by atoms with Crippen LogP contribution in [0, 0.1) is 0 Å². The second kappa shape index (κ2) is 7.23. The van der Waals surface area contributed by atoms with Crippen LogP contribution in [-0.2, 0) is 15.7 Å². The second-order valence-corrected chi connectivity index (χ2v) is 7.71. The maximum absolute atomic E-state index is 14.8. The Morgan fingerprint density at radius 1 is 1.00 bits per heavy atom. The minimum absolute atomic E-state index is 0.00995. The van der Waals surface area contributed by atoms with Crippen LogP contribution in [0.3, 0.4) is 0 Å². The molecule has 1 unspecified atom stereocenters. The Kier molecular flexibility index (Phi) is 5.55. The Bertz CT molecular complexity index is 725. The molecule has 0 saturated heterocycles. The molecule has 0 aliphatic rings. The van der Waals surface area contributed by atoms with Gasteiger partial charge in [-0.25, -0.2) is 17.5 Å². The summed E-state index contributed by atoms with van der Waals surface area (Å²) < 4.78 is 40.5. The van der Waals surface area contributed by atoms with E-state index < -0.39 is 15.7 Å². The Morgan fingerprint density at radius 2 is 1.57 bits per heavy atom. The van der Waals surface area contributed by atoms with Gasteiger partial charge in [0.25, 0.3) is 0 Å². The lowest BCUT2D eigenvalue weighted by Gasteiger charge is -2.21. The fourth-order valence-electron chi connectivity index (χ4n) is 2.33. The lowest BCUT2D eigenvalue weighted by atomic mass is 9.95. The molecule has 0 aliphatic carbocycles. The summed E-state index contributed by atoms with van der Waals surface area (Å²) >= 11 is 0. The lowest BCUT2D eigenvalue weighted by Crippen LogP contribution is -2.36. The highest BCUT2D eigenvalue weighted by molar-refractivity contribution is 7.89. The van der Waals surface area contributed by atoms with Crippen molar-refractivity contribution in [3.8, 4) is 11.1 Å². The number of hydrogen-bond donors (Lipinski definition) is 1. The third-order valence-electron chi connectivity index (χ3n) is 3.69. The number of sulfonamides is 1. The van der Waals surface area contributed by atoms with Crippen LogP contribution in [0.15, 0.2) is 54.6 Å². The van der Waals surface area contributed by atoms with Gasteiger partial charge in [-0.05, 0) is 30.0 Å². The highest BCUT2D eigenvalue weighted by Crippen LogP contribution is 2.28. The van der Waals surface area contributed by atoms with Crippen LogP contribution >= 0.6 is 0 Å². The van der Waals surface area contributed by atoms with E-state index >= 15 is 0 Å². The molecule has 3 nitrogen and oxygen atoms in total. The van der Waals surface area contributed by atoms with Crippen molar-refractivity contribution < 1.29 is 12.8 Å². The smallest absolute Gasteiger partial charge is 0.211 e. The van der Waals surface area contributed by atoms with Crippen molar-refractivity contribution >= 4 is 10.0 Å². The fourth-order valence-corrected chi connectivity index (χ4v) is 3.50. The fraction of sp³-hybridized carbons (Fsp3) is 0.333. The van der Waals surface area contributed by atoms with E-state index in [1.54, 1.807) is 19.1 Å². The van der Waals surface area contributed by atoms with Gasteiger partial charge in [-0.3, -0.25) is 0 Å². The van der Waals surface area contributed by atoms with Crippen LogP contribution in [0.4, 0.5) is 4.39 Å². The molecule has 0 fully saturated rings. The van der Waals surface area contributed by atoms with Gasteiger partial charge < -0.3 is 0 Å². The van der Waals surface area contributed by atoms with Gasteiger partial charge in [0, 0.05) is 6.54 Å². The second-order valence-electron chi connectivity index (χ2n) is 5.78. The Morgan fingerprint density at radius 3 is 2.13 bits per heavy atom. The highest BCUT2D eigenvalue weighted by atomic mass is 32.2. The Labute approximate surface area is 137 Å². The predicted molar refractivity (Wildman–Crippen MR) is 92.4 cm³/mol. The number of alkyl halides is 1. The lowest BCUT2D eigenvalue weighted by molar-refractivity contribution is 0.196. The van der Waals surface area contributed by atoms with Crippen molar-refractivity contribution in [2.24, 2.45) is 0 Å².